The third-order valence-corrected chi connectivity index (χ3v) is 3.13. The van der Waals surface area contributed by atoms with Crippen molar-refractivity contribution in [3.05, 3.63) is 6.33 Å². The molecule has 2 N–H and O–H groups in total. The van der Waals surface area contributed by atoms with Crippen LogP contribution < -0.4 is 5.32 Å². The number of amides is 1. The van der Waals surface area contributed by atoms with Crippen LogP contribution in [0.15, 0.2) is 11.5 Å². The molecule has 1 aromatic heterocycles. The zero-order chi connectivity index (χ0) is 13.7. The van der Waals surface area contributed by atoms with E-state index in [0.717, 1.165) is 0 Å². The highest BCUT2D eigenvalue weighted by atomic mass is 32.2. The maximum atomic E-state index is 11.5. The SMILES string of the molecule is CC(NC(=O)CSc1nncn1C(C)C)C(=O)O. The first kappa shape index (κ1) is 14.5. The normalized spacial score (nSPS) is 12.4. The maximum absolute atomic E-state index is 11.5. The standard InChI is InChI=1S/C10H16N4O3S/c1-6(2)14-5-11-13-10(14)18-4-8(15)12-7(3)9(16)17/h5-7H,4H2,1-3H3,(H,12,15)(H,16,17). The van der Waals surface area contributed by atoms with Crippen LogP contribution >= 0.6 is 11.8 Å². The minimum Gasteiger partial charge on any atom is -0.480 e. The molecule has 0 saturated carbocycles. The number of carbonyl (C=O) groups is 2. The molecular weight excluding hydrogens is 256 g/mol. The van der Waals surface area contributed by atoms with Crippen molar-refractivity contribution in [3.8, 4) is 0 Å². The Balaban J connectivity index is 2.47. The van der Waals surface area contributed by atoms with E-state index in [1.54, 1.807) is 6.33 Å². The van der Waals surface area contributed by atoms with Gasteiger partial charge in [0, 0.05) is 6.04 Å². The van der Waals surface area contributed by atoms with Crippen LogP contribution in [0.25, 0.3) is 0 Å². The van der Waals surface area contributed by atoms with E-state index in [0.29, 0.717) is 5.16 Å². The number of nitrogens with zero attached hydrogens (tertiary/aromatic N) is 3. The molecule has 8 heteroatoms. The van der Waals surface area contributed by atoms with Crippen molar-refractivity contribution in [3.63, 3.8) is 0 Å². The number of hydrogen-bond donors (Lipinski definition) is 2. The molecule has 7 nitrogen and oxygen atoms in total. The molecule has 1 unspecified atom stereocenters. The van der Waals surface area contributed by atoms with Gasteiger partial charge in [-0.25, -0.2) is 0 Å². The zero-order valence-electron chi connectivity index (χ0n) is 10.5. The number of hydrogen-bond acceptors (Lipinski definition) is 5. The van der Waals surface area contributed by atoms with E-state index in [1.807, 2.05) is 18.4 Å². The van der Waals surface area contributed by atoms with Crippen LogP contribution in [0.5, 0.6) is 0 Å². The van der Waals surface area contributed by atoms with Gasteiger partial charge in [-0.15, -0.1) is 10.2 Å². The Morgan fingerprint density at radius 1 is 1.50 bits per heavy atom. The van der Waals surface area contributed by atoms with Crippen LogP contribution in [0.1, 0.15) is 26.8 Å². The van der Waals surface area contributed by atoms with Crippen molar-refractivity contribution in [2.75, 3.05) is 5.75 Å². The van der Waals surface area contributed by atoms with Gasteiger partial charge in [-0.2, -0.15) is 0 Å². The molecule has 1 aromatic rings. The van der Waals surface area contributed by atoms with E-state index in [4.69, 9.17) is 5.11 Å². The quantitative estimate of drug-likeness (QED) is 0.734. The van der Waals surface area contributed by atoms with Gasteiger partial charge in [0.15, 0.2) is 5.16 Å². The molecule has 0 saturated heterocycles. The number of carboxylic acid groups (broad SMARTS) is 1. The molecule has 1 amide bonds. The molecule has 1 rings (SSSR count). The van der Waals surface area contributed by atoms with Crippen LogP contribution in [0.4, 0.5) is 0 Å². The van der Waals surface area contributed by atoms with E-state index in [-0.39, 0.29) is 17.7 Å². The summed E-state index contributed by atoms with van der Waals surface area (Å²) in [6, 6.07) is -0.676. The number of nitrogens with one attached hydrogen (secondary N) is 1. The van der Waals surface area contributed by atoms with E-state index in [1.165, 1.54) is 18.7 Å². The molecule has 1 atom stereocenters. The summed E-state index contributed by atoms with van der Waals surface area (Å²) in [4.78, 5) is 22.0. The fourth-order valence-electron chi connectivity index (χ4n) is 1.16. The Hall–Kier alpha value is -1.57. The van der Waals surface area contributed by atoms with Gasteiger partial charge in [-0.05, 0) is 20.8 Å². The third-order valence-electron chi connectivity index (χ3n) is 2.18. The van der Waals surface area contributed by atoms with Crippen molar-refractivity contribution in [2.24, 2.45) is 0 Å². The van der Waals surface area contributed by atoms with E-state index in [2.05, 4.69) is 15.5 Å². The summed E-state index contributed by atoms with van der Waals surface area (Å²) >= 11 is 1.23. The van der Waals surface area contributed by atoms with Gasteiger partial charge in [-0.3, -0.25) is 9.59 Å². The van der Waals surface area contributed by atoms with Gasteiger partial charge in [-0.1, -0.05) is 11.8 Å². The number of aromatic nitrogens is 3. The molecule has 0 fully saturated rings. The summed E-state index contributed by atoms with van der Waals surface area (Å²) in [7, 11) is 0. The average molecular weight is 272 g/mol. The summed E-state index contributed by atoms with van der Waals surface area (Å²) in [6.45, 7) is 5.39. The maximum Gasteiger partial charge on any atom is 0.325 e. The van der Waals surface area contributed by atoms with Crippen molar-refractivity contribution < 1.29 is 14.7 Å². The summed E-state index contributed by atoms with van der Waals surface area (Å²) < 4.78 is 1.85. The fourth-order valence-corrected chi connectivity index (χ4v) is 2.02. The van der Waals surface area contributed by atoms with Gasteiger partial charge in [0.05, 0.1) is 5.75 Å². The lowest BCUT2D eigenvalue weighted by Gasteiger charge is -2.10. The molecular formula is C10H16N4O3S. The molecule has 0 aliphatic rings. The van der Waals surface area contributed by atoms with Crippen LogP contribution in [0, 0.1) is 0 Å². The number of carbonyl (C=O) groups excluding carboxylic acids is 1. The van der Waals surface area contributed by atoms with Crippen LogP contribution in [-0.2, 0) is 9.59 Å². The topological polar surface area (TPSA) is 97.1 Å². The highest BCUT2D eigenvalue weighted by Crippen LogP contribution is 2.18. The molecule has 0 spiro atoms. The lowest BCUT2D eigenvalue weighted by atomic mass is 10.3. The fraction of sp³-hybridized carbons (Fsp3) is 0.600. The Kier molecular flexibility index (Phi) is 5.14. The van der Waals surface area contributed by atoms with Crippen LogP contribution in [-0.4, -0.2) is 43.5 Å². The Morgan fingerprint density at radius 3 is 2.72 bits per heavy atom. The predicted octanol–water partition coefficient (Wildman–Crippen LogP) is 0.540. The van der Waals surface area contributed by atoms with Gasteiger partial charge < -0.3 is 15.0 Å². The second-order valence-electron chi connectivity index (χ2n) is 4.03. The van der Waals surface area contributed by atoms with E-state index >= 15 is 0 Å². The lowest BCUT2D eigenvalue weighted by Crippen LogP contribution is -2.39. The Labute approximate surface area is 109 Å². The Bertz CT molecular complexity index is 433. The molecule has 0 aromatic carbocycles. The Morgan fingerprint density at radius 2 is 2.17 bits per heavy atom. The first-order chi connectivity index (χ1) is 8.41. The summed E-state index contributed by atoms with van der Waals surface area (Å²) in [5, 5.41) is 19.3. The van der Waals surface area contributed by atoms with Gasteiger partial charge in [0.2, 0.25) is 5.91 Å². The predicted molar refractivity (Wildman–Crippen MR) is 66.4 cm³/mol. The minimum absolute atomic E-state index is 0.114. The van der Waals surface area contributed by atoms with Crippen molar-refractivity contribution in [1.82, 2.24) is 20.1 Å². The zero-order valence-corrected chi connectivity index (χ0v) is 11.3. The molecule has 0 bridgehead atoms. The van der Waals surface area contributed by atoms with Gasteiger partial charge in [0.25, 0.3) is 0 Å². The monoisotopic (exact) mass is 272 g/mol. The van der Waals surface area contributed by atoms with E-state index < -0.39 is 12.0 Å². The number of carboxylic acids is 1. The molecule has 0 aliphatic carbocycles. The van der Waals surface area contributed by atoms with Gasteiger partial charge >= 0.3 is 5.97 Å². The number of thioether (sulfide) groups is 1. The van der Waals surface area contributed by atoms with Crippen molar-refractivity contribution in [1.29, 1.82) is 0 Å². The highest BCUT2D eigenvalue weighted by Gasteiger charge is 2.15. The van der Waals surface area contributed by atoms with Gasteiger partial charge in [0.1, 0.15) is 12.4 Å². The summed E-state index contributed by atoms with van der Waals surface area (Å²) in [5.41, 5.74) is 0. The second-order valence-corrected chi connectivity index (χ2v) is 4.97. The first-order valence-electron chi connectivity index (χ1n) is 5.46. The first-order valence-corrected chi connectivity index (χ1v) is 6.45. The number of aliphatic carboxylic acids is 1. The molecule has 18 heavy (non-hydrogen) atoms. The van der Waals surface area contributed by atoms with Crippen LogP contribution in [0.3, 0.4) is 0 Å². The second kappa shape index (κ2) is 6.39. The average Bonchev–Trinajstić information content (AvgIpc) is 2.74. The van der Waals surface area contributed by atoms with Crippen molar-refractivity contribution >= 4 is 23.6 Å². The summed E-state index contributed by atoms with van der Waals surface area (Å²) in [6.07, 6.45) is 1.60. The van der Waals surface area contributed by atoms with Crippen molar-refractivity contribution in [2.45, 2.75) is 38.0 Å². The molecule has 100 valence electrons. The summed E-state index contributed by atoms with van der Waals surface area (Å²) in [5.74, 6) is -1.28. The largest absolute Gasteiger partial charge is 0.480 e. The molecule has 0 aliphatic heterocycles. The molecule has 0 radical (unpaired) electrons. The lowest BCUT2D eigenvalue weighted by molar-refractivity contribution is -0.140. The van der Waals surface area contributed by atoms with Crippen LogP contribution in [0.2, 0.25) is 0 Å². The smallest absolute Gasteiger partial charge is 0.325 e. The molecule has 1 heterocycles. The highest BCUT2D eigenvalue weighted by molar-refractivity contribution is 7.99. The van der Waals surface area contributed by atoms with E-state index in [9.17, 15) is 9.59 Å². The number of rotatable bonds is 6. The minimum atomic E-state index is -1.06. The third kappa shape index (κ3) is 4.02.